The van der Waals surface area contributed by atoms with Crippen LogP contribution < -0.4 is 5.73 Å². The lowest BCUT2D eigenvalue weighted by Crippen LogP contribution is -2.42. The number of carbonyl (C=O) groups excluding carboxylic acids is 1. The van der Waals surface area contributed by atoms with Crippen LogP contribution in [0.3, 0.4) is 0 Å². The third kappa shape index (κ3) is 2.11. The number of ether oxygens (including phenoxy) is 1. The van der Waals surface area contributed by atoms with Crippen LogP contribution in [0.2, 0.25) is 0 Å². The molecule has 0 aromatic rings. The number of primary amides is 1. The minimum atomic E-state index is -0.786. The molecule has 0 aromatic carbocycles. The van der Waals surface area contributed by atoms with Crippen molar-refractivity contribution in [1.82, 2.24) is 0 Å². The molecule has 4 heteroatoms. The summed E-state index contributed by atoms with van der Waals surface area (Å²) in [5.41, 5.74) is 4.24. The summed E-state index contributed by atoms with van der Waals surface area (Å²) in [6.45, 7) is -0.115. The van der Waals surface area contributed by atoms with Crippen LogP contribution in [-0.2, 0) is 4.74 Å². The number of rotatable bonds is 2. The van der Waals surface area contributed by atoms with Gasteiger partial charge in [-0.2, -0.15) is 0 Å². The molecule has 0 atom stereocenters. The quantitative estimate of drug-likeness (QED) is 0.648. The maximum Gasteiger partial charge on any atom is 0.405 e. The molecule has 0 aromatic heterocycles. The molecule has 3 N–H and O–H groups in total. The molecule has 0 radical (unpaired) electrons. The van der Waals surface area contributed by atoms with Crippen molar-refractivity contribution in [3.8, 4) is 0 Å². The Morgan fingerprint density at radius 2 is 2.00 bits per heavy atom. The van der Waals surface area contributed by atoms with Crippen LogP contribution in [0, 0.1) is 0 Å². The normalized spacial score (nSPS) is 21.8. The van der Waals surface area contributed by atoms with E-state index in [0.717, 1.165) is 32.1 Å². The highest BCUT2D eigenvalue weighted by atomic mass is 16.6. The van der Waals surface area contributed by atoms with E-state index in [2.05, 4.69) is 0 Å². The predicted octanol–water partition coefficient (Wildman–Crippen LogP) is 0.777. The second-order valence-corrected chi connectivity index (χ2v) is 3.32. The smallest absolute Gasteiger partial charge is 0.405 e. The second kappa shape index (κ2) is 3.76. The van der Waals surface area contributed by atoms with Crippen molar-refractivity contribution < 1.29 is 14.6 Å². The second-order valence-electron chi connectivity index (χ2n) is 3.32. The Balaban J connectivity index is 2.53. The van der Waals surface area contributed by atoms with Gasteiger partial charge in [0.1, 0.15) is 5.60 Å². The molecule has 0 aliphatic heterocycles. The standard InChI is InChI=1S/C8H15NO3/c9-7(11)12-8(6-10)4-2-1-3-5-8/h10H,1-6H2,(H2,9,11). The van der Waals surface area contributed by atoms with Crippen LogP contribution in [-0.4, -0.2) is 23.4 Å². The molecule has 70 valence electrons. The summed E-state index contributed by atoms with van der Waals surface area (Å²) < 4.78 is 4.92. The van der Waals surface area contributed by atoms with Crippen molar-refractivity contribution in [2.45, 2.75) is 37.7 Å². The number of aliphatic hydroxyl groups is 1. The van der Waals surface area contributed by atoms with Crippen molar-refractivity contribution in [1.29, 1.82) is 0 Å². The Hall–Kier alpha value is -0.770. The van der Waals surface area contributed by atoms with Gasteiger partial charge in [-0.3, -0.25) is 0 Å². The first-order valence-electron chi connectivity index (χ1n) is 4.28. The van der Waals surface area contributed by atoms with Crippen molar-refractivity contribution in [2.24, 2.45) is 5.73 Å². The fraction of sp³-hybridized carbons (Fsp3) is 0.875. The van der Waals surface area contributed by atoms with E-state index in [9.17, 15) is 4.79 Å². The molecule has 1 aliphatic carbocycles. The predicted molar refractivity (Wildman–Crippen MR) is 43.6 cm³/mol. The number of aliphatic hydroxyl groups excluding tert-OH is 1. The molecule has 1 fully saturated rings. The lowest BCUT2D eigenvalue weighted by Gasteiger charge is -2.34. The molecule has 0 spiro atoms. The minimum Gasteiger partial charge on any atom is -0.441 e. The van der Waals surface area contributed by atoms with Crippen LogP contribution in [0.1, 0.15) is 32.1 Å². The Kier molecular flexibility index (Phi) is 2.92. The fourth-order valence-corrected chi connectivity index (χ4v) is 1.70. The van der Waals surface area contributed by atoms with Gasteiger partial charge in [0.05, 0.1) is 6.61 Å². The van der Waals surface area contributed by atoms with E-state index in [4.69, 9.17) is 15.6 Å². The zero-order valence-corrected chi connectivity index (χ0v) is 7.08. The highest BCUT2D eigenvalue weighted by Crippen LogP contribution is 2.30. The van der Waals surface area contributed by atoms with E-state index >= 15 is 0 Å². The minimum absolute atomic E-state index is 0.115. The summed E-state index contributed by atoms with van der Waals surface area (Å²) >= 11 is 0. The monoisotopic (exact) mass is 173 g/mol. The van der Waals surface area contributed by atoms with Gasteiger partial charge in [-0.15, -0.1) is 0 Å². The van der Waals surface area contributed by atoms with Gasteiger partial charge >= 0.3 is 6.09 Å². The van der Waals surface area contributed by atoms with E-state index in [0.29, 0.717) is 0 Å². The van der Waals surface area contributed by atoms with Gasteiger partial charge in [0, 0.05) is 0 Å². The van der Waals surface area contributed by atoms with Gasteiger partial charge in [0.25, 0.3) is 0 Å². The van der Waals surface area contributed by atoms with Crippen LogP contribution in [0.5, 0.6) is 0 Å². The van der Waals surface area contributed by atoms with E-state index < -0.39 is 11.7 Å². The van der Waals surface area contributed by atoms with Crippen molar-refractivity contribution in [3.63, 3.8) is 0 Å². The highest BCUT2D eigenvalue weighted by Gasteiger charge is 2.34. The lowest BCUT2D eigenvalue weighted by molar-refractivity contribution is -0.0504. The van der Waals surface area contributed by atoms with E-state index in [-0.39, 0.29) is 6.61 Å². The van der Waals surface area contributed by atoms with Gasteiger partial charge < -0.3 is 15.6 Å². The Morgan fingerprint density at radius 1 is 1.42 bits per heavy atom. The van der Waals surface area contributed by atoms with Crippen LogP contribution in [0.15, 0.2) is 0 Å². The first-order chi connectivity index (χ1) is 5.68. The molecule has 1 saturated carbocycles. The molecule has 1 rings (SSSR count). The summed E-state index contributed by atoms with van der Waals surface area (Å²) in [6, 6.07) is 0. The van der Waals surface area contributed by atoms with Gasteiger partial charge in [0.2, 0.25) is 0 Å². The molecule has 0 unspecified atom stereocenters. The third-order valence-electron chi connectivity index (χ3n) is 2.37. The molecular weight excluding hydrogens is 158 g/mol. The molecule has 12 heavy (non-hydrogen) atoms. The first kappa shape index (κ1) is 9.32. The summed E-state index contributed by atoms with van der Waals surface area (Å²) in [7, 11) is 0. The van der Waals surface area contributed by atoms with Crippen molar-refractivity contribution in [2.75, 3.05) is 6.61 Å². The third-order valence-corrected chi connectivity index (χ3v) is 2.37. The average Bonchev–Trinajstić information content (AvgIpc) is 2.05. The number of hydrogen-bond acceptors (Lipinski definition) is 3. The fourth-order valence-electron chi connectivity index (χ4n) is 1.70. The molecule has 0 saturated heterocycles. The average molecular weight is 173 g/mol. The molecule has 0 bridgehead atoms. The van der Waals surface area contributed by atoms with E-state index in [1.807, 2.05) is 0 Å². The van der Waals surface area contributed by atoms with Crippen molar-refractivity contribution >= 4 is 6.09 Å². The summed E-state index contributed by atoms with van der Waals surface area (Å²) in [5.74, 6) is 0. The molecular formula is C8H15NO3. The Bertz CT molecular complexity index is 164. The van der Waals surface area contributed by atoms with Gasteiger partial charge in [-0.25, -0.2) is 4.79 Å². The molecule has 0 heterocycles. The highest BCUT2D eigenvalue weighted by molar-refractivity contribution is 5.65. The summed E-state index contributed by atoms with van der Waals surface area (Å²) in [6.07, 6.45) is 3.80. The van der Waals surface area contributed by atoms with Gasteiger partial charge in [-0.05, 0) is 25.7 Å². The Labute approximate surface area is 71.7 Å². The van der Waals surface area contributed by atoms with Crippen LogP contribution in [0.25, 0.3) is 0 Å². The lowest BCUT2D eigenvalue weighted by atomic mass is 9.85. The van der Waals surface area contributed by atoms with Crippen LogP contribution >= 0.6 is 0 Å². The van der Waals surface area contributed by atoms with E-state index in [1.165, 1.54) is 0 Å². The largest absolute Gasteiger partial charge is 0.441 e. The zero-order valence-electron chi connectivity index (χ0n) is 7.08. The van der Waals surface area contributed by atoms with Gasteiger partial charge in [-0.1, -0.05) is 6.42 Å². The number of amides is 1. The summed E-state index contributed by atoms with van der Waals surface area (Å²) in [4.78, 5) is 10.5. The SMILES string of the molecule is NC(=O)OC1(CO)CCCCC1. The summed E-state index contributed by atoms with van der Waals surface area (Å²) in [5, 5.41) is 9.06. The first-order valence-corrected chi connectivity index (χ1v) is 4.28. The van der Waals surface area contributed by atoms with Gasteiger partial charge in [0.15, 0.2) is 0 Å². The number of hydrogen-bond donors (Lipinski definition) is 2. The topological polar surface area (TPSA) is 72.6 Å². The van der Waals surface area contributed by atoms with Crippen LogP contribution in [0.4, 0.5) is 4.79 Å². The number of carbonyl (C=O) groups is 1. The molecule has 1 amide bonds. The maximum absolute atomic E-state index is 10.5. The molecule has 4 nitrogen and oxygen atoms in total. The Morgan fingerprint density at radius 3 is 2.42 bits per heavy atom. The zero-order chi connectivity index (χ0) is 9.03. The van der Waals surface area contributed by atoms with Crippen molar-refractivity contribution in [3.05, 3.63) is 0 Å². The number of nitrogens with two attached hydrogens (primary N) is 1. The maximum atomic E-state index is 10.5. The molecule has 1 aliphatic rings. The van der Waals surface area contributed by atoms with E-state index in [1.54, 1.807) is 0 Å².